The average molecular weight is 367 g/mol. The molecule has 7 nitrogen and oxygen atoms in total. The van der Waals surface area contributed by atoms with Crippen LogP contribution in [0.15, 0.2) is 36.2 Å². The van der Waals surface area contributed by atoms with Gasteiger partial charge in [0, 0.05) is 29.9 Å². The maximum atomic E-state index is 12.8. The first-order valence-corrected chi connectivity index (χ1v) is 8.77. The summed E-state index contributed by atoms with van der Waals surface area (Å²) in [4.78, 5) is 17.5. The van der Waals surface area contributed by atoms with Crippen molar-refractivity contribution in [1.29, 1.82) is 0 Å². The van der Waals surface area contributed by atoms with Crippen LogP contribution < -0.4 is 11.6 Å². The summed E-state index contributed by atoms with van der Waals surface area (Å²) in [5.41, 5.74) is 11.1. The lowest BCUT2D eigenvalue weighted by Gasteiger charge is -2.18. The number of benzene rings is 1. The lowest BCUT2D eigenvalue weighted by atomic mass is 10.1. The number of ether oxygens (including phenoxy) is 1. The smallest absolute Gasteiger partial charge is 0.419 e. The second-order valence-corrected chi connectivity index (χ2v) is 7.02. The second kappa shape index (κ2) is 6.92. The summed E-state index contributed by atoms with van der Waals surface area (Å²) in [6.07, 6.45) is 1.04. The topological polar surface area (TPSA) is 99.4 Å². The van der Waals surface area contributed by atoms with E-state index in [-0.39, 0.29) is 6.10 Å². The fourth-order valence-electron chi connectivity index (χ4n) is 3.28. The molecular weight excluding hydrogens is 342 g/mol. The molecule has 4 N–H and O–H groups in total. The van der Waals surface area contributed by atoms with Crippen molar-refractivity contribution in [2.75, 3.05) is 7.05 Å². The minimum Gasteiger partial charge on any atom is -0.446 e. The van der Waals surface area contributed by atoms with Crippen LogP contribution >= 0.6 is 0 Å². The minimum absolute atomic E-state index is 0.233. The maximum absolute atomic E-state index is 12.8. The van der Waals surface area contributed by atoms with E-state index >= 15 is 0 Å². The molecule has 3 aromatic rings. The molecular formula is C20H25N5O2. The highest BCUT2D eigenvalue weighted by Gasteiger charge is 2.20. The summed E-state index contributed by atoms with van der Waals surface area (Å²) in [6.45, 7) is 7.40. The molecule has 0 unspecified atom stereocenters. The van der Waals surface area contributed by atoms with Gasteiger partial charge in [0.1, 0.15) is 0 Å². The molecule has 0 aliphatic rings. The highest BCUT2D eigenvalue weighted by Crippen LogP contribution is 2.31. The van der Waals surface area contributed by atoms with Gasteiger partial charge in [0.25, 0.3) is 0 Å². The van der Waals surface area contributed by atoms with Crippen LogP contribution in [0.4, 0.5) is 4.79 Å². The molecule has 0 fully saturated rings. The predicted molar refractivity (Wildman–Crippen MR) is 108 cm³/mol. The Balaban J connectivity index is 2.36. The van der Waals surface area contributed by atoms with Gasteiger partial charge in [-0.3, -0.25) is 4.98 Å². The van der Waals surface area contributed by atoms with E-state index in [4.69, 9.17) is 16.3 Å². The van der Waals surface area contributed by atoms with Gasteiger partial charge >= 0.3 is 6.09 Å². The van der Waals surface area contributed by atoms with Gasteiger partial charge in [-0.05, 0) is 45.4 Å². The molecule has 7 heteroatoms. The quantitative estimate of drug-likeness (QED) is 0.544. The zero-order valence-corrected chi connectivity index (χ0v) is 16.3. The van der Waals surface area contributed by atoms with Crippen LogP contribution in [0.3, 0.4) is 0 Å². The monoisotopic (exact) mass is 367 g/mol. The Morgan fingerprint density at radius 1 is 1.26 bits per heavy atom. The van der Waals surface area contributed by atoms with Gasteiger partial charge in [0.2, 0.25) is 0 Å². The van der Waals surface area contributed by atoms with Crippen LogP contribution in [0.1, 0.15) is 31.9 Å². The van der Waals surface area contributed by atoms with Crippen LogP contribution in [0.2, 0.25) is 0 Å². The van der Waals surface area contributed by atoms with Crippen molar-refractivity contribution in [3.05, 3.63) is 47.3 Å². The molecule has 0 aliphatic heterocycles. The summed E-state index contributed by atoms with van der Waals surface area (Å²) < 4.78 is 7.03. The molecule has 1 aromatic carbocycles. The fraction of sp³-hybridized carbons (Fsp3) is 0.300. The van der Waals surface area contributed by atoms with E-state index in [0.717, 1.165) is 27.5 Å². The van der Waals surface area contributed by atoms with Crippen molar-refractivity contribution in [3.8, 4) is 0 Å². The van der Waals surface area contributed by atoms with Crippen molar-refractivity contribution in [2.45, 2.75) is 33.8 Å². The predicted octanol–water partition coefficient (Wildman–Crippen LogP) is 3.34. The van der Waals surface area contributed by atoms with E-state index in [9.17, 15) is 4.79 Å². The average Bonchev–Trinajstić information content (AvgIpc) is 2.86. The molecule has 2 aromatic heterocycles. The summed E-state index contributed by atoms with van der Waals surface area (Å²) in [5.74, 6) is 5.94. The number of fused-ring (bicyclic) bond motifs is 3. The molecule has 0 saturated carbocycles. The third kappa shape index (κ3) is 3.33. The molecule has 0 amide bonds. The third-order valence-electron chi connectivity index (χ3n) is 4.28. The fourth-order valence-corrected chi connectivity index (χ4v) is 3.28. The first-order chi connectivity index (χ1) is 12.7. The van der Waals surface area contributed by atoms with Crippen molar-refractivity contribution < 1.29 is 9.53 Å². The highest BCUT2D eigenvalue weighted by atomic mass is 16.6. The van der Waals surface area contributed by atoms with Gasteiger partial charge in [-0.25, -0.2) is 15.2 Å². The molecule has 0 aliphatic carbocycles. The summed E-state index contributed by atoms with van der Waals surface area (Å²) >= 11 is 0. The number of nitrogens with zero attached hydrogens (tertiary/aromatic N) is 3. The largest absolute Gasteiger partial charge is 0.446 e. The Morgan fingerprint density at radius 3 is 2.56 bits per heavy atom. The van der Waals surface area contributed by atoms with Gasteiger partial charge < -0.3 is 15.5 Å². The first-order valence-electron chi connectivity index (χ1n) is 8.77. The van der Waals surface area contributed by atoms with Crippen LogP contribution in [0.5, 0.6) is 0 Å². The minimum atomic E-state index is -0.439. The third-order valence-corrected chi connectivity index (χ3v) is 4.28. The van der Waals surface area contributed by atoms with Crippen molar-refractivity contribution in [3.63, 3.8) is 0 Å². The maximum Gasteiger partial charge on any atom is 0.419 e. The summed E-state index contributed by atoms with van der Waals surface area (Å²) in [7, 11) is 1.71. The number of aromatic nitrogens is 2. The standard InChI is InChI=1S/C20H25N5O2/c1-11(2)27-20(26)25-16-8-12(3)6-7-15(16)18-17(25)9-14(10-23-18)19(13(4)21)24(5)22/h6-11H,21-22H2,1-5H3/b19-13-. The molecule has 0 radical (unpaired) electrons. The number of nitrogens with two attached hydrogens (primary N) is 2. The molecule has 142 valence electrons. The molecule has 0 spiro atoms. The van der Waals surface area contributed by atoms with E-state index < -0.39 is 6.09 Å². The van der Waals surface area contributed by atoms with Crippen molar-refractivity contribution >= 4 is 33.7 Å². The number of carbonyl (C=O) groups is 1. The van der Waals surface area contributed by atoms with Crippen LogP contribution in [-0.4, -0.2) is 33.8 Å². The number of aryl methyl sites for hydroxylation is 1. The zero-order valence-electron chi connectivity index (χ0n) is 16.3. The van der Waals surface area contributed by atoms with Gasteiger partial charge in [0.15, 0.2) is 0 Å². The van der Waals surface area contributed by atoms with E-state index in [1.807, 2.05) is 45.0 Å². The molecule has 27 heavy (non-hydrogen) atoms. The summed E-state index contributed by atoms with van der Waals surface area (Å²) in [5, 5.41) is 2.33. The molecule has 3 rings (SSSR count). The Bertz CT molecular complexity index is 1060. The highest BCUT2D eigenvalue weighted by molar-refractivity contribution is 6.11. The van der Waals surface area contributed by atoms with E-state index in [1.165, 1.54) is 5.01 Å². The van der Waals surface area contributed by atoms with Crippen molar-refractivity contribution in [1.82, 2.24) is 14.6 Å². The number of pyridine rings is 1. The first kappa shape index (κ1) is 18.7. The lowest BCUT2D eigenvalue weighted by molar-refractivity contribution is 0.119. The number of hydrazine groups is 1. The molecule has 0 bridgehead atoms. The number of hydrogen-bond acceptors (Lipinski definition) is 6. The molecule has 0 saturated heterocycles. The van der Waals surface area contributed by atoms with Crippen LogP contribution in [-0.2, 0) is 4.74 Å². The number of rotatable bonds is 3. The normalized spacial score (nSPS) is 12.6. The van der Waals surface area contributed by atoms with E-state index in [2.05, 4.69) is 4.98 Å². The molecule has 2 heterocycles. The Morgan fingerprint density at radius 2 is 1.96 bits per heavy atom. The lowest BCUT2D eigenvalue weighted by Crippen LogP contribution is -2.26. The van der Waals surface area contributed by atoms with Crippen LogP contribution in [0, 0.1) is 6.92 Å². The van der Waals surface area contributed by atoms with Crippen molar-refractivity contribution in [2.24, 2.45) is 11.6 Å². The van der Waals surface area contributed by atoms with Gasteiger partial charge in [-0.15, -0.1) is 0 Å². The number of carbonyl (C=O) groups excluding carboxylic acids is 1. The second-order valence-electron chi connectivity index (χ2n) is 7.02. The van der Waals surface area contributed by atoms with E-state index in [1.54, 1.807) is 24.7 Å². The zero-order chi connectivity index (χ0) is 19.9. The van der Waals surface area contributed by atoms with Gasteiger partial charge in [0.05, 0.1) is 28.4 Å². The number of allylic oxidation sites excluding steroid dienone is 1. The SMILES string of the molecule is C/C(N)=C(\c1cnc2c3ccc(C)cc3n(C(=O)OC(C)C)c2c1)N(C)N. The molecule has 0 atom stereocenters. The van der Waals surface area contributed by atoms with Crippen LogP contribution in [0.25, 0.3) is 27.6 Å². The Hall–Kier alpha value is -3.06. The Labute approximate surface area is 158 Å². The number of hydrogen-bond donors (Lipinski definition) is 2. The van der Waals surface area contributed by atoms with E-state index in [0.29, 0.717) is 16.9 Å². The summed E-state index contributed by atoms with van der Waals surface area (Å²) in [6, 6.07) is 7.80. The Kier molecular flexibility index (Phi) is 4.80. The van der Waals surface area contributed by atoms with Gasteiger partial charge in [-0.1, -0.05) is 12.1 Å². The van der Waals surface area contributed by atoms with Gasteiger partial charge in [-0.2, -0.15) is 0 Å².